The number of primary amides is 1. The van der Waals surface area contributed by atoms with Crippen LogP contribution in [0, 0.1) is 0 Å². The standard InChI is InChI=1S/C27H28N4O4/c1-4-34-22-15-20-21(16-23(22)35-5-2)30-26(32)24(20)25(17-9-7-6-8-10-17)29-18-11-13-19(14-12-18)31(3)27(28)33/h6-16,29H,4-5H2,1-3H3,(H2,28,33)(H,30,32). The number of hydrogen-bond acceptors (Lipinski definition) is 5. The molecule has 4 N–H and O–H groups in total. The van der Waals surface area contributed by atoms with Crippen LogP contribution in [-0.2, 0) is 4.79 Å². The van der Waals surface area contributed by atoms with E-state index in [4.69, 9.17) is 15.2 Å². The Morgan fingerprint density at radius 2 is 1.60 bits per heavy atom. The van der Waals surface area contributed by atoms with Crippen molar-refractivity contribution >= 4 is 40.3 Å². The van der Waals surface area contributed by atoms with Crippen LogP contribution in [0.4, 0.5) is 21.9 Å². The molecule has 0 unspecified atom stereocenters. The maximum Gasteiger partial charge on any atom is 0.318 e. The topological polar surface area (TPSA) is 106 Å². The number of urea groups is 1. The molecule has 180 valence electrons. The number of fused-ring (bicyclic) bond motifs is 1. The molecule has 0 atom stereocenters. The first-order chi connectivity index (χ1) is 16.9. The van der Waals surface area contributed by atoms with Gasteiger partial charge in [0.05, 0.1) is 30.2 Å². The summed E-state index contributed by atoms with van der Waals surface area (Å²) in [5, 5.41) is 6.36. The van der Waals surface area contributed by atoms with Crippen molar-refractivity contribution < 1.29 is 19.1 Å². The molecule has 0 bridgehead atoms. The number of benzene rings is 3. The zero-order valence-corrected chi connectivity index (χ0v) is 19.9. The number of carbonyl (C=O) groups excluding carboxylic acids is 2. The molecule has 0 spiro atoms. The minimum absolute atomic E-state index is 0.229. The summed E-state index contributed by atoms with van der Waals surface area (Å²) in [7, 11) is 1.61. The Balaban J connectivity index is 1.82. The smallest absolute Gasteiger partial charge is 0.318 e. The van der Waals surface area contributed by atoms with E-state index >= 15 is 0 Å². The predicted octanol–water partition coefficient (Wildman–Crippen LogP) is 4.93. The number of amides is 3. The molecular formula is C27H28N4O4. The Hall–Kier alpha value is -4.46. The highest BCUT2D eigenvalue weighted by molar-refractivity contribution is 6.37. The van der Waals surface area contributed by atoms with E-state index in [-0.39, 0.29) is 5.91 Å². The van der Waals surface area contributed by atoms with Crippen molar-refractivity contribution in [3.8, 4) is 11.5 Å². The molecule has 0 saturated carbocycles. The van der Waals surface area contributed by atoms with Crippen LogP contribution in [0.15, 0.2) is 66.7 Å². The highest BCUT2D eigenvalue weighted by Gasteiger charge is 2.30. The van der Waals surface area contributed by atoms with Crippen molar-refractivity contribution in [2.45, 2.75) is 13.8 Å². The van der Waals surface area contributed by atoms with Gasteiger partial charge in [0.25, 0.3) is 5.91 Å². The number of rotatable bonds is 8. The molecule has 0 fully saturated rings. The first-order valence-electron chi connectivity index (χ1n) is 11.4. The molecule has 8 nitrogen and oxygen atoms in total. The highest BCUT2D eigenvalue weighted by atomic mass is 16.5. The van der Waals surface area contributed by atoms with Crippen LogP contribution < -0.4 is 30.7 Å². The highest BCUT2D eigenvalue weighted by Crippen LogP contribution is 2.43. The molecule has 0 radical (unpaired) electrons. The lowest BCUT2D eigenvalue weighted by molar-refractivity contribution is -0.110. The summed E-state index contributed by atoms with van der Waals surface area (Å²) >= 11 is 0. The number of hydrogen-bond donors (Lipinski definition) is 3. The van der Waals surface area contributed by atoms with Gasteiger partial charge in [0, 0.05) is 30.1 Å². The number of ether oxygens (including phenoxy) is 2. The van der Waals surface area contributed by atoms with E-state index in [2.05, 4.69) is 10.6 Å². The average molecular weight is 473 g/mol. The Labute approximate surface area is 204 Å². The monoisotopic (exact) mass is 472 g/mol. The summed E-state index contributed by atoms with van der Waals surface area (Å²) in [6.45, 7) is 4.75. The molecule has 4 rings (SSSR count). The van der Waals surface area contributed by atoms with Crippen LogP contribution in [0.1, 0.15) is 25.0 Å². The average Bonchev–Trinajstić information content (AvgIpc) is 3.17. The SMILES string of the molecule is CCOc1cc2c(cc1OCC)C(=C(Nc1ccc(N(C)C(N)=O)cc1)c1ccccc1)C(=O)N2. The van der Waals surface area contributed by atoms with Gasteiger partial charge in [0.2, 0.25) is 0 Å². The maximum atomic E-state index is 13.2. The van der Waals surface area contributed by atoms with Crippen LogP contribution in [0.2, 0.25) is 0 Å². The number of anilines is 3. The Bertz CT molecular complexity index is 1270. The lowest BCUT2D eigenvalue weighted by Gasteiger charge is -2.18. The van der Waals surface area contributed by atoms with E-state index in [1.54, 1.807) is 25.2 Å². The molecule has 35 heavy (non-hydrogen) atoms. The number of nitrogens with two attached hydrogens (primary N) is 1. The van der Waals surface area contributed by atoms with Crippen molar-refractivity contribution in [3.63, 3.8) is 0 Å². The first-order valence-corrected chi connectivity index (χ1v) is 11.4. The van der Waals surface area contributed by atoms with Crippen molar-refractivity contribution in [1.29, 1.82) is 0 Å². The van der Waals surface area contributed by atoms with E-state index in [0.29, 0.717) is 47.4 Å². The molecular weight excluding hydrogens is 444 g/mol. The molecule has 0 aliphatic carbocycles. The van der Waals surface area contributed by atoms with Gasteiger partial charge in [-0.05, 0) is 49.7 Å². The number of carbonyl (C=O) groups is 2. The third kappa shape index (κ3) is 4.91. The third-order valence-corrected chi connectivity index (χ3v) is 5.60. The summed E-state index contributed by atoms with van der Waals surface area (Å²) in [4.78, 5) is 26.1. The summed E-state index contributed by atoms with van der Waals surface area (Å²) in [5.74, 6) is 0.930. The third-order valence-electron chi connectivity index (χ3n) is 5.60. The van der Waals surface area contributed by atoms with Gasteiger partial charge in [-0.15, -0.1) is 0 Å². The van der Waals surface area contributed by atoms with E-state index in [9.17, 15) is 9.59 Å². The second-order valence-electron chi connectivity index (χ2n) is 7.85. The Morgan fingerprint density at radius 1 is 0.971 bits per heavy atom. The summed E-state index contributed by atoms with van der Waals surface area (Å²) in [6, 6.07) is 19.9. The van der Waals surface area contributed by atoms with Crippen molar-refractivity contribution in [2.24, 2.45) is 5.73 Å². The molecule has 8 heteroatoms. The van der Waals surface area contributed by atoms with Gasteiger partial charge in [0.1, 0.15) is 0 Å². The fourth-order valence-corrected chi connectivity index (χ4v) is 3.89. The number of nitrogens with zero attached hydrogens (tertiary/aromatic N) is 1. The summed E-state index contributed by atoms with van der Waals surface area (Å²) < 4.78 is 11.5. The van der Waals surface area contributed by atoms with E-state index in [1.165, 1.54) is 4.90 Å². The quantitative estimate of drug-likeness (QED) is 0.403. The fourth-order valence-electron chi connectivity index (χ4n) is 3.89. The molecule has 0 aromatic heterocycles. The van der Waals surface area contributed by atoms with Crippen molar-refractivity contribution in [2.75, 3.05) is 35.8 Å². The largest absolute Gasteiger partial charge is 0.490 e. The van der Waals surface area contributed by atoms with Crippen molar-refractivity contribution in [1.82, 2.24) is 0 Å². The molecule has 3 amide bonds. The molecule has 1 heterocycles. The van der Waals surface area contributed by atoms with Gasteiger partial charge in [-0.2, -0.15) is 0 Å². The number of nitrogens with one attached hydrogen (secondary N) is 2. The molecule has 1 aliphatic heterocycles. The van der Waals surface area contributed by atoms with E-state index in [0.717, 1.165) is 16.8 Å². The van der Waals surface area contributed by atoms with Crippen LogP contribution >= 0.6 is 0 Å². The van der Waals surface area contributed by atoms with Gasteiger partial charge < -0.3 is 25.8 Å². The van der Waals surface area contributed by atoms with Crippen LogP contribution in [0.5, 0.6) is 11.5 Å². The van der Waals surface area contributed by atoms with Gasteiger partial charge >= 0.3 is 6.03 Å². The van der Waals surface area contributed by atoms with Crippen LogP contribution in [0.3, 0.4) is 0 Å². The van der Waals surface area contributed by atoms with E-state index < -0.39 is 6.03 Å². The summed E-state index contributed by atoms with van der Waals surface area (Å²) in [5.41, 5.74) is 10.1. The Morgan fingerprint density at radius 3 is 2.20 bits per heavy atom. The van der Waals surface area contributed by atoms with Crippen LogP contribution in [0.25, 0.3) is 11.3 Å². The van der Waals surface area contributed by atoms with Gasteiger partial charge in [0.15, 0.2) is 11.5 Å². The minimum Gasteiger partial charge on any atom is -0.490 e. The second-order valence-corrected chi connectivity index (χ2v) is 7.85. The molecule has 3 aromatic rings. The Kier molecular flexibility index (Phi) is 6.91. The van der Waals surface area contributed by atoms with Crippen LogP contribution in [-0.4, -0.2) is 32.2 Å². The fraction of sp³-hybridized carbons (Fsp3) is 0.185. The zero-order chi connectivity index (χ0) is 24.9. The maximum absolute atomic E-state index is 13.2. The van der Waals surface area contributed by atoms with E-state index in [1.807, 2.05) is 62.4 Å². The van der Waals surface area contributed by atoms with Gasteiger partial charge in [-0.25, -0.2) is 4.79 Å². The summed E-state index contributed by atoms with van der Waals surface area (Å²) in [6.07, 6.45) is 0. The molecule has 1 aliphatic rings. The first kappa shape index (κ1) is 23.7. The second kappa shape index (κ2) is 10.2. The van der Waals surface area contributed by atoms with Crippen molar-refractivity contribution in [3.05, 3.63) is 77.9 Å². The minimum atomic E-state index is -0.548. The predicted molar refractivity (Wildman–Crippen MR) is 139 cm³/mol. The lowest BCUT2D eigenvalue weighted by Crippen LogP contribution is -2.31. The zero-order valence-electron chi connectivity index (χ0n) is 19.9. The molecule has 0 saturated heterocycles. The molecule has 3 aromatic carbocycles. The van der Waals surface area contributed by atoms with Gasteiger partial charge in [-0.3, -0.25) is 9.69 Å². The lowest BCUT2D eigenvalue weighted by atomic mass is 9.99. The normalized spacial score (nSPS) is 13.5. The van der Waals surface area contributed by atoms with Gasteiger partial charge in [-0.1, -0.05) is 30.3 Å².